The summed E-state index contributed by atoms with van der Waals surface area (Å²) in [7, 11) is 0. The second-order valence-electron chi connectivity index (χ2n) is 4.08. The summed E-state index contributed by atoms with van der Waals surface area (Å²) in [6.45, 7) is 2.01. The third-order valence-electron chi connectivity index (χ3n) is 3.01. The maximum Gasteiger partial charge on any atom is 0.168 e. The van der Waals surface area contributed by atoms with E-state index in [1.165, 1.54) is 0 Å². The van der Waals surface area contributed by atoms with Gasteiger partial charge in [-0.3, -0.25) is 4.79 Å². The fourth-order valence-electron chi connectivity index (χ4n) is 2.12. The molecule has 84 valence electrons. The number of allylic oxidation sites excluding steroid dienone is 2. The number of benzene rings is 1. The first-order valence-electron chi connectivity index (χ1n) is 5.42. The van der Waals surface area contributed by atoms with Gasteiger partial charge in [-0.2, -0.15) is 0 Å². The largest absolute Gasteiger partial charge is 0.401 e. The van der Waals surface area contributed by atoms with Crippen LogP contribution in [0.25, 0.3) is 5.57 Å². The van der Waals surface area contributed by atoms with Gasteiger partial charge in [0.25, 0.3) is 0 Å². The van der Waals surface area contributed by atoms with Crippen molar-refractivity contribution in [2.45, 2.75) is 19.8 Å². The Bertz CT molecular complexity index is 465. The molecule has 2 rings (SSSR count). The maximum absolute atomic E-state index is 12.1. The molecule has 2 N–H and O–H groups in total. The summed E-state index contributed by atoms with van der Waals surface area (Å²) in [5.74, 6) is 0.205. The van der Waals surface area contributed by atoms with Gasteiger partial charge in [0.15, 0.2) is 5.78 Å². The maximum atomic E-state index is 12.1. The minimum atomic E-state index is 0.0500. The predicted molar refractivity (Wildman–Crippen MR) is 66.0 cm³/mol. The molecule has 1 aromatic carbocycles. The van der Waals surface area contributed by atoms with Gasteiger partial charge < -0.3 is 5.73 Å². The smallest absolute Gasteiger partial charge is 0.168 e. The van der Waals surface area contributed by atoms with Gasteiger partial charge in [0.2, 0.25) is 0 Å². The third-order valence-corrected chi connectivity index (χ3v) is 3.25. The van der Waals surface area contributed by atoms with Gasteiger partial charge in [-0.25, -0.2) is 0 Å². The number of halogens is 1. The van der Waals surface area contributed by atoms with Crippen molar-refractivity contribution in [1.82, 2.24) is 0 Å². The summed E-state index contributed by atoms with van der Waals surface area (Å²) < 4.78 is 0. The van der Waals surface area contributed by atoms with Crippen molar-refractivity contribution in [2.75, 3.05) is 0 Å². The number of carbonyl (C=O) groups excluding carboxylic acids is 1. The zero-order valence-electron chi connectivity index (χ0n) is 9.16. The molecule has 0 saturated heterocycles. The number of carbonyl (C=O) groups is 1. The Morgan fingerprint density at radius 3 is 2.81 bits per heavy atom. The molecule has 0 spiro atoms. The average molecular weight is 236 g/mol. The molecule has 0 aliphatic heterocycles. The Kier molecular flexibility index (Phi) is 3.01. The lowest BCUT2D eigenvalue weighted by molar-refractivity contribution is -0.116. The lowest BCUT2D eigenvalue weighted by atomic mass is 9.97. The number of ketones is 1. The molecule has 1 atom stereocenters. The van der Waals surface area contributed by atoms with Crippen LogP contribution in [0, 0.1) is 5.92 Å². The van der Waals surface area contributed by atoms with E-state index in [-0.39, 0.29) is 11.7 Å². The first-order chi connectivity index (χ1) is 7.63. The Morgan fingerprint density at radius 2 is 2.25 bits per heavy atom. The van der Waals surface area contributed by atoms with E-state index in [2.05, 4.69) is 0 Å². The fourth-order valence-corrected chi connectivity index (χ4v) is 2.31. The minimum Gasteiger partial charge on any atom is -0.401 e. The molecule has 0 bridgehead atoms. The number of hydrogen-bond acceptors (Lipinski definition) is 2. The van der Waals surface area contributed by atoms with Crippen LogP contribution >= 0.6 is 11.6 Å². The molecule has 0 fully saturated rings. The van der Waals surface area contributed by atoms with Gasteiger partial charge in [0, 0.05) is 22.2 Å². The van der Waals surface area contributed by atoms with Crippen LogP contribution in [-0.2, 0) is 4.79 Å². The number of rotatable bonds is 2. The van der Waals surface area contributed by atoms with Crippen LogP contribution in [0.3, 0.4) is 0 Å². The van der Waals surface area contributed by atoms with Crippen molar-refractivity contribution >= 4 is 23.0 Å². The van der Waals surface area contributed by atoms with Crippen molar-refractivity contribution in [3.05, 3.63) is 40.5 Å². The van der Waals surface area contributed by atoms with Gasteiger partial charge >= 0.3 is 0 Å². The Hall–Kier alpha value is -1.28. The summed E-state index contributed by atoms with van der Waals surface area (Å²) in [5.41, 5.74) is 8.13. The van der Waals surface area contributed by atoms with Crippen molar-refractivity contribution in [2.24, 2.45) is 11.7 Å². The Morgan fingerprint density at radius 1 is 1.50 bits per heavy atom. The molecule has 3 heteroatoms. The van der Waals surface area contributed by atoms with Crippen LogP contribution in [0.1, 0.15) is 25.3 Å². The van der Waals surface area contributed by atoms with E-state index >= 15 is 0 Å². The second-order valence-corrected chi connectivity index (χ2v) is 4.52. The van der Waals surface area contributed by atoms with Gasteiger partial charge in [-0.15, -0.1) is 0 Å². The zero-order chi connectivity index (χ0) is 11.7. The lowest BCUT2D eigenvalue weighted by Gasteiger charge is -2.05. The summed E-state index contributed by atoms with van der Waals surface area (Å²) in [4.78, 5) is 12.1. The Labute approximate surface area is 100 Å². The molecular weight excluding hydrogens is 222 g/mol. The molecule has 0 radical (unpaired) electrons. The van der Waals surface area contributed by atoms with Crippen molar-refractivity contribution in [1.29, 1.82) is 0 Å². The molecule has 1 unspecified atom stereocenters. The second kappa shape index (κ2) is 4.30. The first-order valence-corrected chi connectivity index (χ1v) is 5.80. The quantitative estimate of drug-likeness (QED) is 0.856. The van der Waals surface area contributed by atoms with Crippen LogP contribution in [0.15, 0.2) is 30.0 Å². The highest BCUT2D eigenvalue weighted by Gasteiger charge is 2.31. The zero-order valence-corrected chi connectivity index (χ0v) is 9.92. The number of nitrogens with two attached hydrogens (primary N) is 1. The van der Waals surface area contributed by atoms with E-state index in [9.17, 15) is 4.79 Å². The average Bonchev–Trinajstić information content (AvgIpc) is 2.53. The molecule has 0 amide bonds. The molecule has 0 heterocycles. The molecule has 1 aromatic rings. The Balaban J connectivity index is 2.41. The summed E-state index contributed by atoms with van der Waals surface area (Å²) in [5, 5.41) is 0.630. The van der Waals surface area contributed by atoms with Crippen LogP contribution in [0.4, 0.5) is 0 Å². The molecular formula is C13H14ClNO. The van der Waals surface area contributed by atoms with Gasteiger partial charge in [-0.05, 0) is 30.5 Å². The third kappa shape index (κ3) is 1.85. The topological polar surface area (TPSA) is 43.1 Å². The van der Waals surface area contributed by atoms with Crippen LogP contribution < -0.4 is 5.73 Å². The van der Waals surface area contributed by atoms with Crippen LogP contribution in [0.2, 0.25) is 5.02 Å². The van der Waals surface area contributed by atoms with Gasteiger partial charge in [-0.1, -0.05) is 30.7 Å². The molecule has 1 aliphatic carbocycles. The van der Waals surface area contributed by atoms with Gasteiger partial charge in [0.05, 0.1) is 0 Å². The SMILES string of the molecule is CCC1CC(N)=C(c2cccc(Cl)c2)C1=O. The fraction of sp³-hybridized carbons (Fsp3) is 0.308. The normalized spacial score (nSPS) is 20.6. The highest BCUT2D eigenvalue weighted by molar-refractivity contribution is 6.31. The van der Waals surface area contributed by atoms with Crippen molar-refractivity contribution in [3.63, 3.8) is 0 Å². The van der Waals surface area contributed by atoms with E-state index < -0.39 is 0 Å². The van der Waals surface area contributed by atoms with Crippen LogP contribution in [-0.4, -0.2) is 5.78 Å². The van der Waals surface area contributed by atoms with E-state index in [1.807, 2.05) is 19.1 Å². The first kappa shape index (κ1) is 11.2. The highest BCUT2D eigenvalue weighted by Crippen LogP contribution is 2.34. The minimum absolute atomic E-state index is 0.0500. The van der Waals surface area contributed by atoms with E-state index in [0.717, 1.165) is 12.0 Å². The number of hydrogen-bond donors (Lipinski definition) is 1. The molecule has 0 aromatic heterocycles. The monoisotopic (exact) mass is 235 g/mol. The van der Waals surface area contributed by atoms with E-state index in [4.69, 9.17) is 17.3 Å². The number of Topliss-reactive ketones (excluding diaryl/α,β-unsaturated/α-hetero) is 1. The van der Waals surface area contributed by atoms with Crippen LogP contribution in [0.5, 0.6) is 0 Å². The molecule has 2 nitrogen and oxygen atoms in total. The molecule has 1 aliphatic rings. The van der Waals surface area contributed by atoms with E-state index in [0.29, 0.717) is 22.7 Å². The van der Waals surface area contributed by atoms with Crippen molar-refractivity contribution in [3.8, 4) is 0 Å². The van der Waals surface area contributed by atoms with Crippen molar-refractivity contribution < 1.29 is 4.79 Å². The van der Waals surface area contributed by atoms with Gasteiger partial charge in [0.1, 0.15) is 0 Å². The predicted octanol–water partition coefficient (Wildman–Crippen LogP) is 3.01. The summed E-state index contributed by atoms with van der Waals surface area (Å²) in [6.07, 6.45) is 1.51. The summed E-state index contributed by atoms with van der Waals surface area (Å²) in [6, 6.07) is 7.30. The highest BCUT2D eigenvalue weighted by atomic mass is 35.5. The van der Waals surface area contributed by atoms with E-state index in [1.54, 1.807) is 12.1 Å². The summed E-state index contributed by atoms with van der Waals surface area (Å²) >= 11 is 5.91. The standard InChI is InChI=1S/C13H14ClNO/c1-2-8-7-11(15)12(13(8)16)9-4-3-5-10(14)6-9/h3-6,8H,2,7,15H2,1H3. The lowest BCUT2D eigenvalue weighted by Crippen LogP contribution is -2.08. The molecule has 0 saturated carbocycles. The molecule has 16 heavy (non-hydrogen) atoms.